The lowest BCUT2D eigenvalue weighted by Gasteiger charge is -2.21. The molecule has 1 rings (SSSR count). The highest BCUT2D eigenvalue weighted by Crippen LogP contribution is 2.15. The highest BCUT2D eigenvalue weighted by atomic mass is 16.4. The number of para-hydroxylation sites is 1. The van der Waals surface area contributed by atoms with Crippen molar-refractivity contribution in [2.45, 2.75) is 25.8 Å². The van der Waals surface area contributed by atoms with Crippen LogP contribution in [0.1, 0.15) is 19.8 Å². The lowest BCUT2D eigenvalue weighted by Crippen LogP contribution is -2.36. The van der Waals surface area contributed by atoms with Crippen molar-refractivity contribution in [3.8, 4) is 0 Å². The van der Waals surface area contributed by atoms with Gasteiger partial charge in [-0.1, -0.05) is 18.2 Å². The number of carboxylic acids is 1. The number of benzene rings is 1. The highest BCUT2D eigenvalue weighted by Gasteiger charge is 2.18. The van der Waals surface area contributed by atoms with Gasteiger partial charge in [0.05, 0.1) is 0 Å². The molecule has 0 spiro atoms. The van der Waals surface area contributed by atoms with E-state index in [1.807, 2.05) is 13.0 Å². The summed E-state index contributed by atoms with van der Waals surface area (Å²) in [7, 11) is 0. The quantitative estimate of drug-likeness (QED) is 0.795. The minimum Gasteiger partial charge on any atom is -0.480 e. The Morgan fingerprint density at radius 2 is 1.94 bits per heavy atom. The van der Waals surface area contributed by atoms with Gasteiger partial charge in [0.2, 0.25) is 5.91 Å². The van der Waals surface area contributed by atoms with Gasteiger partial charge in [0.1, 0.15) is 6.54 Å². The minimum atomic E-state index is -1.03. The summed E-state index contributed by atoms with van der Waals surface area (Å²) < 4.78 is 0. The monoisotopic (exact) mass is 250 g/mol. The predicted molar refractivity (Wildman–Crippen MR) is 69.3 cm³/mol. The van der Waals surface area contributed by atoms with E-state index in [-0.39, 0.29) is 24.9 Å². The van der Waals surface area contributed by atoms with Gasteiger partial charge in [0.15, 0.2) is 0 Å². The maximum atomic E-state index is 12.0. The van der Waals surface area contributed by atoms with Gasteiger partial charge in [0.25, 0.3) is 0 Å². The summed E-state index contributed by atoms with van der Waals surface area (Å²) in [6, 6.07) is 8.71. The second kappa shape index (κ2) is 6.76. The molecule has 0 fully saturated rings. The first-order chi connectivity index (χ1) is 8.50. The number of anilines is 1. The van der Waals surface area contributed by atoms with Crippen LogP contribution in [0.25, 0.3) is 0 Å². The van der Waals surface area contributed by atoms with Crippen molar-refractivity contribution < 1.29 is 14.7 Å². The number of amides is 1. The Morgan fingerprint density at radius 3 is 2.44 bits per heavy atom. The van der Waals surface area contributed by atoms with Gasteiger partial charge in [-0.3, -0.25) is 9.59 Å². The number of hydrogen-bond acceptors (Lipinski definition) is 3. The molecule has 0 aromatic heterocycles. The van der Waals surface area contributed by atoms with Crippen molar-refractivity contribution in [1.82, 2.24) is 0 Å². The fraction of sp³-hybridized carbons (Fsp3) is 0.385. The van der Waals surface area contributed by atoms with E-state index < -0.39 is 5.97 Å². The topological polar surface area (TPSA) is 83.6 Å². The normalized spacial score (nSPS) is 11.9. The van der Waals surface area contributed by atoms with Crippen LogP contribution in [-0.2, 0) is 9.59 Å². The van der Waals surface area contributed by atoms with Crippen LogP contribution < -0.4 is 10.6 Å². The van der Waals surface area contributed by atoms with Crippen LogP contribution in [0.2, 0.25) is 0 Å². The van der Waals surface area contributed by atoms with Crippen molar-refractivity contribution in [3.05, 3.63) is 30.3 Å². The van der Waals surface area contributed by atoms with E-state index in [1.54, 1.807) is 24.3 Å². The zero-order valence-electron chi connectivity index (χ0n) is 10.4. The fourth-order valence-corrected chi connectivity index (χ4v) is 1.55. The Kier molecular flexibility index (Phi) is 5.32. The first-order valence-electron chi connectivity index (χ1n) is 5.83. The van der Waals surface area contributed by atoms with Crippen LogP contribution in [0, 0.1) is 0 Å². The number of aliphatic carboxylic acids is 1. The molecule has 0 aliphatic carbocycles. The van der Waals surface area contributed by atoms with Gasteiger partial charge < -0.3 is 15.7 Å². The van der Waals surface area contributed by atoms with Crippen LogP contribution >= 0.6 is 0 Å². The average molecular weight is 250 g/mol. The van der Waals surface area contributed by atoms with E-state index in [2.05, 4.69) is 0 Å². The molecule has 1 amide bonds. The Labute approximate surface area is 106 Å². The second-order valence-corrected chi connectivity index (χ2v) is 4.23. The third kappa shape index (κ3) is 4.55. The van der Waals surface area contributed by atoms with E-state index in [1.165, 1.54) is 4.90 Å². The standard InChI is InChI=1S/C13H18N2O3/c1-10(14)7-8-12(16)15(9-13(17)18)11-5-3-2-4-6-11/h2-6,10H,7-9,14H2,1H3,(H,17,18). The SMILES string of the molecule is CC(N)CCC(=O)N(CC(=O)O)c1ccccc1. The van der Waals surface area contributed by atoms with E-state index in [0.29, 0.717) is 12.1 Å². The summed E-state index contributed by atoms with van der Waals surface area (Å²) in [4.78, 5) is 24.1. The van der Waals surface area contributed by atoms with Crippen molar-refractivity contribution in [2.24, 2.45) is 5.73 Å². The number of carbonyl (C=O) groups excluding carboxylic acids is 1. The summed E-state index contributed by atoms with van der Waals surface area (Å²) in [5.74, 6) is -1.26. The van der Waals surface area contributed by atoms with Gasteiger partial charge in [-0.15, -0.1) is 0 Å². The molecule has 0 saturated carbocycles. The molecule has 0 aliphatic heterocycles. The summed E-state index contributed by atoms with van der Waals surface area (Å²) in [5.41, 5.74) is 6.19. The van der Waals surface area contributed by atoms with Crippen LogP contribution in [0.5, 0.6) is 0 Å². The molecule has 0 heterocycles. The summed E-state index contributed by atoms with van der Waals surface area (Å²) in [5, 5.41) is 8.85. The largest absolute Gasteiger partial charge is 0.480 e. The molecule has 1 atom stereocenters. The molecular weight excluding hydrogens is 232 g/mol. The van der Waals surface area contributed by atoms with E-state index in [9.17, 15) is 9.59 Å². The summed E-state index contributed by atoms with van der Waals surface area (Å²) >= 11 is 0. The third-order valence-corrected chi connectivity index (χ3v) is 2.48. The van der Waals surface area contributed by atoms with Gasteiger partial charge in [-0.25, -0.2) is 0 Å². The lowest BCUT2D eigenvalue weighted by atomic mass is 10.1. The number of rotatable bonds is 6. The second-order valence-electron chi connectivity index (χ2n) is 4.23. The Hall–Kier alpha value is -1.88. The van der Waals surface area contributed by atoms with Crippen LogP contribution in [0.3, 0.4) is 0 Å². The molecule has 5 nitrogen and oxygen atoms in total. The number of nitrogens with two attached hydrogens (primary N) is 1. The molecular formula is C13H18N2O3. The molecule has 98 valence electrons. The zero-order chi connectivity index (χ0) is 13.5. The Morgan fingerprint density at radius 1 is 1.33 bits per heavy atom. The van der Waals surface area contributed by atoms with Crippen LogP contribution in [-0.4, -0.2) is 29.6 Å². The van der Waals surface area contributed by atoms with E-state index in [4.69, 9.17) is 10.8 Å². The first kappa shape index (κ1) is 14.2. The van der Waals surface area contributed by atoms with Gasteiger partial charge in [0, 0.05) is 18.2 Å². The van der Waals surface area contributed by atoms with Gasteiger partial charge >= 0.3 is 5.97 Å². The summed E-state index contributed by atoms with van der Waals surface area (Å²) in [6.45, 7) is 1.49. The van der Waals surface area contributed by atoms with Crippen LogP contribution in [0.4, 0.5) is 5.69 Å². The maximum Gasteiger partial charge on any atom is 0.323 e. The van der Waals surface area contributed by atoms with Crippen molar-refractivity contribution in [3.63, 3.8) is 0 Å². The summed E-state index contributed by atoms with van der Waals surface area (Å²) in [6.07, 6.45) is 0.793. The minimum absolute atomic E-state index is 0.0728. The van der Waals surface area contributed by atoms with Gasteiger partial charge in [-0.2, -0.15) is 0 Å². The van der Waals surface area contributed by atoms with Crippen molar-refractivity contribution in [1.29, 1.82) is 0 Å². The maximum absolute atomic E-state index is 12.0. The molecule has 3 N–H and O–H groups in total. The molecule has 0 aliphatic rings. The van der Waals surface area contributed by atoms with E-state index >= 15 is 0 Å². The van der Waals surface area contributed by atoms with E-state index in [0.717, 1.165) is 0 Å². The molecule has 1 aromatic carbocycles. The number of carboxylic acid groups (broad SMARTS) is 1. The molecule has 1 unspecified atom stereocenters. The third-order valence-electron chi connectivity index (χ3n) is 2.48. The molecule has 18 heavy (non-hydrogen) atoms. The fourth-order valence-electron chi connectivity index (χ4n) is 1.55. The van der Waals surface area contributed by atoms with Gasteiger partial charge in [-0.05, 0) is 25.5 Å². The van der Waals surface area contributed by atoms with Crippen molar-refractivity contribution in [2.75, 3.05) is 11.4 Å². The number of hydrogen-bond donors (Lipinski definition) is 2. The Balaban J connectivity index is 2.78. The number of carbonyl (C=O) groups is 2. The molecule has 0 saturated heterocycles. The molecule has 0 radical (unpaired) electrons. The van der Waals surface area contributed by atoms with Crippen molar-refractivity contribution >= 4 is 17.6 Å². The Bertz CT molecular complexity index is 404. The lowest BCUT2D eigenvalue weighted by molar-refractivity contribution is -0.136. The molecule has 1 aromatic rings. The predicted octanol–water partition coefficient (Wildman–Crippen LogP) is 1.23. The number of nitrogens with zero attached hydrogens (tertiary/aromatic N) is 1. The first-order valence-corrected chi connectivity index (χ1v) is 5.83. The smallest absolute Gasteiger partial charge is 0.323 e. The molecule has 5 heteroatoms. The average Bonchev–Trinajstić information content (AvgIpc) is 2.34. The van der Waals surface area contributed by atoms with Crippen LogP contribution in [0.15, 0.2) is 30.3 Å². The highest BCUT2D eigenvalue weighted by molar-refractivity contribution is 5.97. The zero-order valence-corrected chi connectivity index (χ0v) is 10.4. The molecule has 0 bridgehead atoms.